The van der Waals surface area contributed by atoms with E-state index in [0.717, 1.165) is 67.3 Å². The molecule has 10 rings (SSSR count). The zero-order valence-electron chi connectivity index (χ0n) is 29.9. The largest absolute Gasteiger partial charge is 0.292 e. The zero-order valence-corrected chi connectivity index (χ0v) is 29.9. The molecule has 0 unspecified atom stereocenters. The van der Waals surface area contributed by atoms with Crippen LogP contribution in [0.15, 0.2) is 206 Å². The number of nitrogens with zero attached hydrogens (tertiary/aromatic N) is 4. The average molecular weight is 703 g/mol. The smallest absolute Gasteiger partial charge is 0.160 e. The maximum atomic E-state index is 5.05. The third kappa shape index (κ3) is 6.16. The van der Waals surface area contributed by atoms with E-state index >= 15 is 0 Å². The van der Waals surface area contributed by atoms with Crippen molar-refractivity contribution in [2.75, 3.05) is 0 Å². The molecule has 0 aliphatic rings. The van der Waals surface area contributed by atoms with Crippen molar-refractivity contribution in [2.45, 2.75) is 0 Å². The first-order valence-corrected chi connectivity index (χ1v) is 18.5. The molecule has 55 heavy (non-hydrogen) atoms. The highest BCUT2D eigenvalue weighted by molar-refractivity contribution is 5.99. The molecule has 4 nitrogen and oxygen atoms in total. The average Bonchev–Trinajstić information content (AvgIpc) is 3.67. The molecule has 0 fully saturated rings. The number of rotatable bonds is 7. The van der Waals surface area contributed by atoms with E-state index in [1.807, 2.05) is 48.5 Å². The molecule has 0 saturated heterocycles. The Morgan fingerprint density at radius 2 is 0.909 bits per heavy atom. The highest BCUT2D eigenvalue weighted by atomic mass is 15.1. The van der Waals surface area contributed by atoms with Crippen LogP contribution >= 0.6 is 0 Å². The van der Waals surface area contributed by atoms with E-state index in [-0.39, 0.29) is 0 Å². The molecule has 0 bridgehead atoms. The molecule has 2 aromatic heterocycles. The monoisotopic (exact) mass is 702 g/mol. The van der Waals surface area contributed by atoms with Gasteiger partial charge in [0, 0.05) is 27.9 Å². The summed E-state index contributed by atoms with van der Waals surface area (Å²) in [7, 11) is 0. The second-order valence-electron chi connectivity index (χ2n) is 13.7. The Bertz CT molecular complexity index is 2880. The lowest BCUT2D eigenvalue weighted by atomic mass is 9.94. The van der Waals surface area contributed by atoms with Crippen molar-refractivity contribution in [3.05, 3.63) is 206 Å². The molecule has 0 saturated carbocycles. The number of fused-ring (bicyclic) bond motifs is 2. The number of benzene rings is 8. The topological polar surface area (TPSA) is 43.6 Å². The SMILES string of the molecule is c1ccc(-c2cc(-c3ccccc3)nc(-c3ccc(-c4cccc5cc(-c6ccc(-c7nc8ccccc8n7-c7ccccc7)cc6)ccc45)cc3)n2)cc1. The van der Waals surface area contributed by atoms with Crippen molar-refractivity contribution in [2.24, 2.45) is 0 Å². The zero-order chi connectivity index (χ0) is 36.6. The number of para-hydroxylation sites is 3. The van der Waals surface area contributed by atoms with Crippen LogP contribution in [0.5, 0.6) is 0 Å². The minimum atomic E-state index is 0.706. The van der Waals surface area contributed by atoms with E-state index in [2.05, 4.69) is 162 Å². The number of aromatic nitrogens is 4. The van der Waals surface area contributed by atoms with Crippen LogP contribution in [0.1, 0.15) is 0 Å². The quantitative estimate of drug-likeness (QED) is 0.166. The maximum absolute atomic E-state index is 5.05. The molecular formula is C51H34N4. The van der Waals surface area contributed by atoms with Crippen LogP contribution < -0.4 is 0 Å². The molecule has 0 N–H and O–H groups in total. The molecule has 4 heteroatoms. The lowest BCUT2D eigenvalue weighted by Crippen LogP contribution is -1.97. The summed E-state index contributed by atoms with van der Waals surface area (Å²) in [5, 5.41) is 2.40. The Morgan fingerprint density at radius 1 is 0.345 bits per heavy atom. The molecule has 10 aromatic rings. The van der Waals surface area contributed by atoms with Gasteiger partial charge in [-0.1, -0.05) is 170 Å². The summed E-state index contributed by atoms with van der Waals surface area (Å²) >= 11 is 0. The van der Waals surface area contributed by atoms with Gasteiger partial charge in [0.15, 0.2) is 5.82 Å². The van der Waals surface area contributed by atoms with Gasteiger partial charge in [-0.2, -0.15) is 0 Å². The number of hydrogen-bond donors (Lipinski definition) is 0. The maximum Gasteiger partial charge on any atom is 0.160 e. The summed E-state index contributed by atoms with van der Waals surface area (Å²) in [5.41, 5.74) is 13.8. The van der Waals surface area contributed by atoms with E-state index in [1.54, 1.807) is 0 Å². The molecule has 0 spiro atoms. The third-order valence-corrected chi connectivity index (χ3v) is 10.3. The fraction of sp³-hybridized carbons (Fsp3) is 0. The van der Waals surface area contributed by atoms with E-state index < -0.39 is 0 Å². The standard InChI is InChI=1S/C51H34N4/c1-4-13-37(14-5-1)47-34-48(38-15-6-2-7-16-38)53-50(52-47)39-27-25-36(26-28-39)44-20-12-17-42-33-41(31-32-45(42)44)35-23-29-40(30-24-35)51-54-46-21-10-11-22-49(46)55(51)43-18-8-3-9-19-43/h1-34H. The number of imidazole rings is 1. The normalized spacial score (nSPS) is 11.3. The predicted octanol–water partition coefficient (Wildman–Crippen LogP) is 13.0. The van der Waals surface area contributed by atoms with Gasteiger partial charge in [0.25, 0.3) is 0 Å². The van der Waals surface area contributed by atoms with Gasteiger partial charge in [0.2, 0.25) is 0 Å². The molecule has 2 heterocycles. The van der Waals surface area contributed by atoms with Gasteiger partial charge in [0.05, 0.1) is 22.4 Å². The van der Waals surface area contributed by atoms with Crippen molar-refractivity contribution in [1.29, 1.82) is 0 Å². The molecule has 8 aromatic carbocycles. The minimum Gasteiger partial charge on any atom is -0.292 e. The minimum absolute atomic E-state index is 0.706. The van der Waals surface area contributed by atoms with Crippen molar-refractivity contribution in [3.63, 3.8) is 0 Å². The predicted molar refractivity (Wildman–Crippen MR) is 227 cm³/mol. The lowest BCUT2D eigenvalue weighted by Gasteiger charge is -2.12. The first-order chi connectivity index (χ1) is 27.2. The summed E-state index contributed by atoms with van der Waals surface area (Å²) in [6.07, 6.45) is 0. The molecular weight excluding hydrogens is 669 g/mol. The van der Waals surface area contributed by atoms with Crippen LogP contribution in [-0.4, -0.2) is 19.5 Å². The lowest BCUT2D eigenvalue weighted by molar-refractivity contribution is 1.10. The summed E-state index contributed by atoms with van der Waals surface area (Å²) in [6.45, 7) is 0. The van der Waals surface area contributed by atoms with Crippen LogP contribution in [0.25, 0.3) is 95.0 Å². The Morgan fingerprint density at radius 3 is 1.60 bits per heavy atom. The van der Waals surface area contributed by atoms with Crippen molar-refractivity contribution in [3.8, 4) is 73.2 Å². The van der Waals surface area contributed by atoms with E-state index in [0.29, 0.717) is 5.82 Å². The Balaban J connectivity index is 0.961. The Hall–Kier alpha value is -7.43. The van der Waals surface area contributed by atoms with Gasteiger partial charge in [-0.15, -0.1) is 0 Å². The van der Waals surface area contributed by atoms with Crippen LogP contribution in [-0.2, 0) is 0 Å². The Kier molecular flexibility index (Phi) is 8.12. The first-order valence-electron chi connectivity index (χ1n) is 18.5. The molecule has 0 atom stereocenters. The van der Waals surface area contributed by atoms with Gasteiger partial charge in [-0.3, -0.25) is 4.57 Å². The van der Waals surface area contributed by atoms with Gasteiger partial charge < -0.3 is 0 Å². The van der Waals surface area contributed by atoms with Crippen molar-refractivity contribution < 1.29 is 0 Å². The number of hydrogen-bond acceptors (Lipinski definition) is 3. The fourth-order valence-electron chi connectivity index (χ4n) is 7.47. The molecule has 0 radical (unpaired) electrons. The van der Waals surface area contributed by atoms with Gasteiger partial charge in [-0.05, 0) is 69.4 Å². The van der Waals surface area contributed by atoms with Crippen molar-refractivity contribution >= 4 is 21.8 Å². The van der Waals surface area contributed by atoms with Crippen LogP contribution in [0.2, 0.25) is 0 Å². The molecule has 0 aliphatic carbocycles. The van der Waals surface area contributed by atoms with E-state index in [1.165, 1.54) is 21.9 Å². The second-order valence-corrected chi connectivity index (χ2v) is 13.7. The second kappa shape index (κ2) is 13.8. The van der Waals surface area contributed by atoms with Gasteiger partial charge >= 0.3 is 0 Å². The Labute approximate surface area is 319 Å². The van der Waals surface area contributed by atoms with Gasteiger partial charge in [0.1, 0.15) is 5.82 Å². The third-order valence-electron chi connectivity index (χ3n) is 10.3. The van der Waals surface area contributed by atoms with Crippen LogP contribution in [0, 0.1) is 0 Å². The summed E-state index contributed by atoms with van der Waals surface area (Å²) in [6, 6.07) is 72.1. The highest BCUT2D eigenvalue weighted by Crippen LogP contribution is 2.35. The highest BCUT2D eigenvalue weighted by Gasteiger charge is 2.15. The summed E-state index contributed by atoms with van der Waals surface area (Å²) < 4.78 is 2.24. The van der Waals surface area contributed by atoms with Gasteiger partial charge in [-0.25, -0.2) is 15.0 Å². The molecule has 0 aliphatic heterocycles. The van der Waals surface area contributed by atoms with Crippen LogP contribution in [0.4, 0.5) is 0 Å². The first kappa shape index (κ1) is 32.2. The van der Waals surface area contributed by atoms with E-state index in [4.69, 9.17) is 15.0 Å². The van der Waals surface area contributed by atoms with Crippen molar-refractivity contribution in [1.82, 2.24) is 19.5 Å². The summed E-state index contributed by atoms with van der Waals surface area (Å²) in [4.78, 5) is 15.1. The van der Waals surface area contributed by atoms with Crippen LogP contribution in [0.3, 0.4) is 0 Å². The fourth-order valence-corrected chi connectivity index (χ4v) is 7.47. The van der Waals surface area contributed by atoms with E-state index in [9.17, 15) is 0 Å². The molecule has 0 amide bonds. The molecule has 258 valence electrons. The summed E-state index contributed by atoms with van der Waals surface area (Å²) in [5.74, 6) is 1.64.